The van der Waals surface area contributed by atoms with Gasteiger partial charge in [0.25, 0.3) is 0 Å². The highest BCUT2D eigenvalue weighted by molar-refractivity contribution is 5.80. The second-order valence-electron chi connectivity index (χ2n) is 7.99. The maximum Gasteiger partial charge on any atom is 0.194 e. The van der Waals surface area contributed by atoms with Gasteiger partial charge in [-0.3, -0.25) is 4.99 Å². The van der Waals surface area contributed by atoms with Gasteiger partial charge in [0.15, 0.2) is 5.96 Å². The number of hydrogen-bond donors (Lipinski definition) is 1. The van der Waals surface area contributed by atoms with Crippen LogP contribution in [-0.4, -0.2) is 49.7 Å². The molecule has 1 saturated carbocycles. The van der Waals surface area contributed by atoms with Crippen LogP contribution in [0.3, 0.4) is 0 Å². The number of aliphatic imine (C=N–C) groups is 1. The minimum absolute atomic E-state index is 0.371. The van der Waals surface area contributed by atoms with Gasteiger partial charge in [0.2, 0.25) is 0 Å². The summed E-state index contributed by atoms with van der Waals surface area (Å²) in [4.78, 5) is 7.44. The maximum absolute atomic E-state index is 5.69. The van der Waals surface area contributed by atoms with Crippen LogP contribution in [0.1, 0.15) is 50.7 Å². The fraction of sp³-hybridized carbons (Fsp3) is 0.750. The second kappa shape index (κ2) is 7.81. The minimum Gasteiger partial charge on any atom is -0.469 e. The Morgan fingerprint density at radius 1 is 1.28 bits per heavy atom. The Morgan fingerprint density at radius 2 is 2.20 bits per heavy atom. The number of likely N-dealkylation sites (tertiary alicyclic amines) is 1. The van der Waals surface area contributed by atoms with Crippen molar-refractivity contribution >= 4 is 5.96 Å². The Hall–Kier alpha value is -1.49. The summed E-state index contributed by atoms with van der Waals surface area (Å²) < 4.78 is 11.1. The van der Waals surface area contributed by atoms with Crippen molar-refractivity contribution in [1.82, 2.24) is 10.2 Å². The van der Waals surface area contributed by atoms with Crippen LogP contribution in [0.2, 0.25) is 0 Å². The van der Waals surface area contributed by atoms with Crippen molar-refractivity contribution in [2.75, 3.05) is 32.8 Å². The van der Waals surface area contributed by atoms with Crippen LogP contribution in [0.5, 0.6) is 0 Å². The van der Waals surface area contributed by atoms with Gasteiger partial charge in [0.05, 0.1) is 12.9 Å². The number of guanidine groups is 1. The van der Waals surface area contributed by atoms with Gasteiger partial charge in [-0.15, -0.1) is 0 Å². The van der Waals surface area contributed by atoms with Crippen molar-refractivity contribution in [1.29, 1.82) is 0 Å². The predicted molar refractivity (Wildman–Crippen MR) is 98.8 cm³/mol. The number of rotatable bonds is 4. The molecule has 2 aliphatic heterocycles. The molecule has 1 spiro atoms. The van der Waals surface area contributed by atoms with E-state index in [4.69, 9.17) is 14.1 Å². The van der Waals surface area contributed by atoms with Crippen molar-refractivity contribution in [2.45, 2.75) is 57.4 Å². The fourth-order valence-corrected chi connectivity index (χ4v) is 4.48. The summed E-state index contributed by atoms with van der Waals surface area (Å²) in [5.74, 6) is 2.13. The lowest BCUT2D eigenvalue weighted by molar-refractivity contribution is 0.156. The lowest BCUT2D eigenvalue weighted by Crippen LogP contribution is -2.46. The first-order chi connectivity index (χ1) is 12.3. The lowest BCUT2D eigenvalue weighted by Gasteiger charge is -2.30. The Bertz CT molecular complexity index is 558. The van der Waals surface area contributed by atoms with Gasteiger partial charge in [-0.2, -0.15) is 0 Å². The van der Waals surface area contributed by atoms with Crippen LogP contribution in [0, 0.1) is 5.41 Å². The quantitative estimate of drug-likeness (QED) is 0.672. The Kier molecular flexibility index (Phi) is 5.30. The molecule has 3 aliphatic rings. The summed E-state index contributed by atoms with van der Waals surface area (Å²) in [6.07, 6.45) is 11.7. The molecule has 5 heteroatoms. The summed E-state index contributed by atoms with van der Waals surface area (Å²) in [6, 6.07) is 4.57. The van der Waals surface area contributed by atoms with Gasteiger partial charge in [0.1, 0.15) is 5.76 Å². The molecule has 0 amide bonds. The van der Waals surface area contributed by atoms with E-state index in [9.17, 15) is 0 Å². The van der Waals surface area contributed by atoms with E-state index in [2.05, 4.69) is 10.2 Å². The highest BCUT2D eigenvalue weighted by atomic mass is 16.5. The molecule has 3 heterocycles. The van der Waals surface area contributed by atoms with Gasteiger partial charge >= 0.3 is 0 Å². The third kappa shape index (κ3) is 4.20. The minimum atomic E-state index is 0.371. The number of nitrogens with zero attached hydrogens (tertiary/aromatic N) is 2. The zero-order valence-corrected chi connectivity index (χ0v) is 15.2. The Balaban J connectivity index is 1.41. The van der Waals surface area contributed by atoms with E-state index in [1.54, 1.807) is 6.26 Å². The topological polar surface area (TPSA) is 50.0 Å². The lowest BCUT2D eigenvalue weighted by atomic mass is 9.87. The van der Waals surface area contributed by atoms with E-state index in [1.807, 2.05) is 12.1 Å². The van der Waals surface area contributed by atoms with Crippen molar-refractivity contribution in [3.8, 4) is 0 Å². The highest BCUT2D eigenvalue weighted by Crippen LogP contribution is 2.38. The summed E-state index contributed by atoms with van der Waals surface area (Å²) in [7, 11) is 0. The normalized spacial score (nSPS) is 28.2. The van der Waals surface area contributed by atoms with Gasteiger partial charge in [-0.1, -0.05) is 19.3 Å². The molecule has 1 N–H and O–H groups in total. The smallest absolute Gasteiger partial charge is 0.194 e. The molecule has 1 aromatic heterocycles. The third-order valence-corrected chi connectivity index (χ3v) is 6.06. The van der Waals surface area contributed by atoms with E-state index in [1.165, 1.54) is 44.9 Å². The molecule has 1 unspecified atom stereocenters. The van der Waals surface area contributed by atoms with Crippen LogP contribution in [-0.2, 0) is 11.2 Å². The highest BCUT2D eigenvalue weighted by Gasteiger charge is 2.42. The number of nitrogens with one attached hydrogen (secondary N) is 1. The number of ether oxygens (including phenoxy) is 1. The van der Waals surface area contributed by atoms with Crippen LogP contribution in [0.25, 0.3) is 0 Å². The van der Waals surface area contributed by atoms with E-state index in [0.29, 0.717) is 11.5 Å². The first-order valence-electron chi connectivity index (χ1n) is 9.99. The van der Waals surface area contributed by atoms with E-state index >= 15 is 0 Å². The summed E-state index contributed by atoms with van der Waals surface area (Å²) >= 11 is 0. The van der Waals surface area contributed by atoms with Crippen LogP contribution < -0.4 is 5.32 Å². The second-order valence-corrected chi connectivity index (χ2v) is 7.99. The SMILES string of the molecule is c1coc(CCN=C(NC2CCCCC2)N2CCC3(CCOC3)C2)c1. The number of furan rings is 1. The zero-order valence-electron chi connectivity index (χ0n) is 15.2. The van der Waals surface area contributed by atoms with Gasteiger partial charge in [-0.25, -0.2) is 0 Å². The molecule has 3 fully saturated rings. The molecule has 4 rings (SSSR count). The number of hydrogen-bond acceptors (Lipinski definition) is 3. The molecule has 25 heavy (non-hydrogen) atoms. The molecule has 1 atom stereocenters. The molecular formula is C20H31N3O2. The third-order valence-electron chi connectivity index (χ3n) is 6.06. The molecule has 0 aromatic carbocycles. The zero-order chi connectivity index (χ0) is 17.0. The largest absolute Gasteiger partial charge is 0.469 e. The van der Waals surface area contributed by atoms with Crippen molar-refractivity contribution in [2.24, 2.45) is 10.4 Å². The molecule has 5 nitrogen and oxygen atoms in total. The van der Waals surface area contributed by atoms with Crippen LogP contribution in [0.4, 0.5) is 0 Å². The average molecular weight is 345 g/mol. The van der Waals surface area contributed by atoms with Gasteiger partial charge < -0.3 is 19.4 Å². The molecule has 0 bridgehead atoms. The molecule has 2 saturated heterocycles. The maximum atomic E-state index is 5.69. The standard InChI is InChI=1S/C20H31N3O2/c1-2-5-17(6-3-1)22-19(21-11-8-18-7-4-13-25-18)23-12-9-20(15-23)10-14-24-16-20/h4,7,13,17H,1-3,5-6,8-12,14-16H2,(H,21,22). The molecule has 138 valence electrons. The summed E-state index contributed by atoms with van der Waals surface area (Å²) in [5.41, 5.74) is 0.371. The monoisotopic (exact) mass is 345 g/mol. The van der Waals surface area contributed by atoms with Crippen LogP contribution in [0.15, 0.2) is 27.8 Å². The first-order valence-corrected chi connectivity index (χ1v) is 9.99. The Morgan fingerprint density at radius 3 is 2.96 bits per heavy atom. The van der Waals surface area contributed by atoms with E-state index in [-0.39, 0.29) is 0 Å². The van der Waals surface area contributed by atoms with Crippen LogP contribution >= 0.6 is 0 Å². The van der Waals surface area contributed by atoms with E-state index in [0.717, 1.165) is 51.0 Å². The fourth-order valence-electron chi connectivity index (χ4n) is 4.48. The predicted octanol–water partition coefficient (Wildman–Crippen LogP) is 3.21. The van der Waals surface area contributed by atoms with Gasteiger partial charge in [-0.05, 0) is 37.8 Å². The van der Waals surface area contributed by atoms with Crippen molar-refractivity contribution in [3.05, 3.63) is 24.2 Å². The molecule has 1 aromatic rings. The van der Waals surface area contributed by atoms with Crippen molar-refractivity contribution in [3.63, 3.8) is 0 Å². The van der Waals surface area contributed by atoms with Crippen molar-refractivity contribution < 1.29 is 9.15 Å². The summed E-state index contributed by atoms with van der Waals surface area (Å²) in [5, 5.41) is 3.79. The average Bonchev–Trinajstić information content (AvgIpc) is 3.39. The van der Waals surface area contributed by atoms with E-state index < -0.39 is 0 Å². The molecular weight excluding hydrogens is 314 g/mol. The molecule has 1 aliphatic carbocycles. The summed E-state index contributed by atoms with van der Waals surface area (Å²) in [6.45, 7) is 4.82. The Labute approximate surface area is 150 Å². The molecule has 0 radical (unpaired) electrons. The first kappa shape index (κ1) is 17.0. The van der Waals surface area contributed by atoms with Gasteiger partial charge in [0, 0.05) is 44.1 Å².